The average molecular weight is 289 g/mol. The number of nitrogens with zero attached hydrogens (tertiary/aromatic N) is 3. The van der Waals surface area contributed by atoms with Gasteiger partial charge in [-0.25, -0.2) is 0 Å². The number of aromatic nitrogens is 3. The van der Waals surface area contributed by atoms with E-state index in [-0.39, 0.29) is 5.41 Å². The number of hydrogen-bond acceptors (Lipinski definition) is 3. The van der Waals surface area contributed by atoms with Gasteiger partial charge in [0.05, 0.1) is 0 Å². The highest BCUT2D eigenvalue weighted by Gasteiger charge is 2.15. The maximum absolute atomic E-state index is 4.32. The fourth-order valence-corrected chi connectivity index (χ4v) is 2.75. The molecular weight excluding hydrogens is 266 g/mol. The number of rotatable bonds is 3. The molecule has 0 spiro atoms. The Hall–Kier alpha value is -1.29. The van der Waals surface area contributed by atoms with Gasteiger partial charge in [0.1, 0.15) is 0 Å². The molecule has 2 rings (SSSR count). The van der Waals surface area contributed by atoms with Crippen LogP contribution >= 0.6 is 11.8 Å². The first kappa shape index (κ1) is 15.1. The normalized spacial score (nSPS) is 12.2. The Kier molecular flexibility index (Phi) is 4.23. The molecule has 0 aliphatic carbocycles. The summed E-state index contributed by atoms with van der Waals surface area (Å²) < 4.78 is 2.07. The minimum atomic E-state index is 0.178. The summed E-state index contributed by atoms with van der Waals surface area (Å²) in [5.41, 5.74) is 2.63. The molecule has 0 N–H and O–H groups in total. The molecule has 1 aromatic heterocycles. The maximum Gasteiger partial charge on any atom is 0.191 e. The quantitative estimate of drug-likeness (QED) is 0.790. The molecule has 2 aromatic rings. The number of benzene rings is 1. The average Bonchev–Trinajstić information content (AvgIpc) is 2.69. The second kappa shape index (κ2) is 5.60. The molecule has 0 aliphatic heterocycles. The molecule has 0 saturated heterocycles. The summed E-state index contributed by atoms with van der Waals surface area (Å²) in [5, 5.41) is 10.1. The van der Waals surface area contributed by atoms with Crippen molar-refractivity contribution in [3.05, 3.63) is 29.8 Å². The van der Waals surface area contributed by atoms with Crippen LogP contribution in [0.3, 0.4) is 0 Å². The predicted molar refractivity (Wildman–Crippen MR) is 86.1 cm³/mol. The van der Waals surface area contributed by atoms with E-state index < -0.39 is 0 Å². The van der Waals surface area contributed by atoms with E-state index in [9.17, 15) is 0 Å². The molecule has 4 heteroatoms. The third-order valence-corrected chi connectivity index (χ3v) is 4.22. The van der Waals surface area contributed by atoms with Crippen LogP contribution in [-0.4, -0.2) is 20.0 Å². The van der Waals surface area contributed by atoms with Crippen LogP contribution in [0.4, 0.5) is 0 Å². The molecular formula is C16H23N3S. The molecule has 0 bridgehead atoms. The number of hydrogen-bond donors (Lipinski definition) is 0. The lowest BCUT2D eigenvalue weighted by Crippen LogP contribution is -2.10. The molecule has 0 fully saturated rings. The highest BCUT2D eigenvalue weighted by Crippen LogP contribution is 2.27. The Morgan fingerprint density at radius 1 is 1.05 bits per heavy atom. The smallest absolute Gasteiger partial charge is 0.191 e. The van der Waals surface area contributed by atoms with Gasteiger partial charge >= 0.3 is 0 Å². The van der Waals surface area contributed by atoms with Crippen LogP contribution in [0.2, 0.25) is 0 Å². The van der Waals surface area contributed by atoms with Gasteiger partial charge in [0, 0.05) is 17.9 Å². The van der Waals surface area contributed by atoms with Crippen LogP contribution in [0.1, 0.15) is 40.2 Å². The second-order valence-corrected chi connectivity index (χ2v) is 7.90. The fraction of sp³-hybridized carbons (Fsp3) is 0.500. The Morgan fingerprint density at radius 2 is 1.65 bits per heavy atom. The molecule has 1 aromatic carbocycles. The largest absolute Gasteiger partial charge is 0.305 e. The van der Waals surface area contributed by atoms with Crippen molar-refractivity contribution in [3.63, 3.8) is 0 Å². The number of thioether (sulfide) groups is 1. The van der Waals surface area contributed by atoms with Gasteiger partial charge < -0.3 is 4.57 Å². The van der Waals surface area contributed by atoms with Crippen LogP contribution in [0.5, 0.6) is 0 Å². The van der Waals surface area contributed by atoms with Gasteiger partial charge in [0.15, 0.2) is 11.0 Å². The first-order chi connectivity index (χ1) is 9.29. The van der Waals surface area contributed by atoms with Crippen LogP contribution < -0.4 is 0 Å². The van der Waals surface area contributed by atoms with E-state index in [2.05, 4.69) is 73.6 Å². The SMILES string of the molecule is CC(C)Sc1nnc(-c2ccc(C(C)(C)C)cc2)n1C. The van der Waals surface area contributed by atoms with Crippen molar-refractivity contribution >= 4 is 11.8 Å². The zero-order valence-corrected chi connectivity index (χ0v) is 14.0. The van der Waals surface area contributed by atoms with Gasteiger partial charge in [0.2, 0.25) is 0 Å². The third kappa shape index (κ3) is 3.23. The van der Waals surface area contributed by atoms with E-state index in [1.54, 1.807) is 11.8 Å². The summed E-state index contributed by atoms with van der Waals surface area (Å²) in [6, 6.07) is 8.63. The minimum absolute atomic E-state index is 0.178. The van der Waals surface area contributed by atoms with Gasteiger partial charge in [-0.15, -0.1) is 10.2 Å². The van der Waals surface area contributed by atoms with E-state index in [4.69, 9.17) is 0 Å². The van der Waals surface area contributed by atoms with Crippen molar-refractivity contribution in [3.8, 4) is 11.4 Å². The summed E-state index contributed by atoms with van der Waals surface area (Å²) in [5.74, 6) is 0.925. The molecule has 1 heterocycles. The van der Waals surface area contributed by atoms with Crippen LogP contribution in [0.15, 0.2) is 29.4 Å². The summed E-state index contributed by atoms with van der Waals surface area (Å²) in [4.78, 5) is 0. The van der Waals surface area contributed by atoms with E-state index in [0.29, 0.717) is 5.25 Å². The molecule has 108 valence electrons. The fourth-order valence-electron chi connectivity index (χ4n) is 2.00. The lowest BCUT2D eigenvalue weighted by atomic mass is 9.87. The summed E-state index contributed by atoms with van der Waals surface area (Å²) in [6.45, 7) is 11.0. The topological polar surface area (TPSA) is 30.7 Å². The predicted octanol–water partition coefficient (Wildman–Crippen LogP) is 4.28. The molecule has 3 nitrogen and oxygen atoms in total. The van der Waals surface area contributed by atoms with Gasteiger partial charge in [-0.3, -0.25) is 0 Å². The van der Waals surface area contributed by atoms with E-state index in [0.717, 1.165) is 16.5 Å². The van der Waals surface area contributed by atoms with Crippen molar-refractivity contribution in [1.82, 2.24) is 14.8 Å². The molecule has 0 saturated carbocycles. The maximum atomic E-state index is 4.32. The van der Waals surface area contributed by atoms with Crippen molar-refractivity contribution < 1.29 is 0 Å². The van der Waals surface area contributed by atoms with Gasteiger partial charge in [-0.1, -0.05) is 70.6 Å². The highest BCUT2D eigenvalue weighted by molar-refractivity contribution is 7.99. The molecule has 0 unspecified atom stereocenters. The Balaban J connectivity index is 2.31. The van der Waals surface area contributed by atoms with Crippen LogP contribution in [0.25, 0.3) is 11.4 Å². The lowest BCUT2D eigenvalue weighted by molar-refractivity contribution is 0.590. The molecule has 0 aliphatic rings. The second-order valence-electron chi connectivity index (χ2n) is 6.36. The van der Waals surface area contributed by atoms with E-state index >= 15 is 0 Å². The summed E-state index contributed by atoms with van der Waals surface area (Å²) >= 11 is 1.74. The van der Waals surface area contributed by atoms with Crippen LogP contribution in [-0.2, 0) is 12.5 Å². The highest BCUT2D eigenvalue weighted by atomic mass is 32.2. The zero-order valence-electron chi connectivity index (χ0n) is 13.1. The standard InChI is InChI=1S/C16H23N3S/c1-11(2)20-15-18-17-14(19(15)6)12-7-9-13(10-8-12)16(3,4)5/h7-11H,1-6H3. The lowest BCUT2D eigenvalue weighted by Gasteiger charge is -2.19. The van der Waals surface area contributed by atoms with Crippen LogP contribution in [0, 0.1) is 0 Å². The first-order valence-corrected chi connectivity index (χ1v) is 7.84. The van der Waals surface area contributed by atoms with Gasteiger partial charge in [0.25, 0.3) is 0 Å². The van der Waals surface area contributed by atoms with Crippen molar-refractivity contribution in [2.75, 3.05) is 0 Å². The Morgan fingerprint density at radius 3 is 2.15 bits per heavy atom. The first-order valence-electron chi connectivity index (χ1n) is 6.96. The van der Waals surface area contributed by atoms with Crippen molar-refractivity contribution in [2.24, 2.45) is 7.05 Å². The third-order valence-electron chi connectivity index (χ3n) is 3.19. The Bertz CT molecular complexity index is 577. The van der Waals surface area contributed by atoms with Gasteiger partial charge in [-0.05, 0) is 11.0 Å². The molecule has 0 amide bonds. The monoisotopic (exact) mass is 289 g/mol. The van der Waals surface area contributed by atoms with E-state index in [1.165, 1.54) is 5.56 Å². The molecule has 0 atom stereocenters. The van der Waals surface area contributed by atoms with Gasteiger partial charge in [-0.2, -0.15) is 0 Å². The van der Waals surface area contributed by atoms with Crippen molar-refractivity contribution in [1.29, 1.82) is 0 Å². The van der Waals surface area contributed by atoms with Crippen molar-refractivity contribution in [2.45, 2.75) is 50.4 Å². The molecule has 20 heavy (non-hydrogen) atoms. The zero-order chi connectivity index (χ0) is 14.9. The Labute approximate surface area is 125 Å². The minimum Gasteiger partial charge on any atom is -0.305 e. The molecule has 0 radical (unpaired) electrons. The van der Waals surface area contributed by atoms with E-state index in [1.807, 2.05) is 7.05 Å². The summed E-state index contributed by atoms with van der Waals surface area (Å²) in [6.07, 6.45) is 0. The summed E-state index contributed by atoms with van der Waals surface area (Å²) in [7, 11) is 2.03.